The van der Waals surface area contributed by atoms with Crippen molar-refractivity contribution in [2.24, 2.45) is 22.7 Å². The fourth-order valence-electron chi connectivity index (χ4n) is 7.47. The number of anilines is 1. The number of nitrogens with zero attached hydrogens (tertiary/aromatic N) is 4. The van der Waals surface area contributed by atoms with Gasteiger partial charge in [-0.3, -0.25) is 4.90 Å². The Morgan fingerprint density at radius 3 is 2.19 bits per heavy atom. The number of piperazine rings is 1. The van der Waals surface area contributed by atoms with Gasteiger partial charge in [-0.05, 0) is 74.7 Å². The summed E-state index contributed by atoms with van der Waals surface area (Å²) in [5, 5.41) is 3.70. The number of piperidine rings is 1. The molecule has 1 aromatic rings. The largest absolute Gasteiger partial charge is 0.348 e. The van der Waals surface area contributed by atoms with Crippen LogP contribution in [0.3, 0.4) is 0 Å². The molecule has 2 saturated carbocycles. The third-order valence-corrected chi connectivity index (χ3v) is 10.9. The van der Waals surface area contributed by atoms with E-state index in [-0.39, 0.29) is 0 Å². The van der Waals surface area contributed by atoms with Crippen LogP contribution < -0.4 is 4.90 Å². The van der Waals surface area contributed by atoms with Crippen LogP contribution in [-0.2, 0) is 0 Å². The van der Waals surface area contributed by atoms with Crippen molar-refractivity contribution in [3.05, 3.63) is 11.1 Å². The Morgan fingerprint density at radius 2 is 1.50 bits per heavy atom. The molecule has 4 aliphatic rings. The smallest absolute Gasteiger partial charge is 0.185 e. The predicted octanol–water partition coefficient (Wildman–Crippen LogP) is 5.71. The van der Waals surface area contributed by atoms with Crippen molar-refractivity contribution in [2.75, 3.05) is 51.2 Å². The summed E-state index contributed by atoms with van der Waals surface area (Å²) in [6.45, 7) is 17.5. The number of hydrogen-bond donors (Lipinski definition) is 0. The molecule has 32 heavy (non-hydrogen) atoms. The van der Waals surface area contributed by atoms with Gasteiger partial charge in [0, 0.05) is 56.6 Å². The van der Waals surface area contributed by atoms with Crippen LogP contribution in [0.4, 0.5) is 5.13 Å². The molecule has 4 fully saturated rings. The molecule has 1 aromatic heterocycles. The summed E-state index contributed by atoms with van der Waals surface area (Å²) in [5.41, 5.74) is 2.42. The van der Waals surface area contributed by atoms with Gasteiger partial charge in [-0.25, -0.2) is 4.98 Å². The quantitative estimate of drug-likeness (QED) is 0.579. The molecular formula is C27H46N4S. The second-order valence-corrected chi connectivity index (χ2v) is 13.6. The van der Waals surface area contributed by atoms with Crippen LogP contribution in [0.15, 0.2) is 5.38 Å². The minimum Gasteiger partial charge on any atom is -0.348 e. The van der Waals surface area contributed by atoms with E-state index in [1.165, 1.54) is 95.0 Å². The van der Waals surface area contributed by atoms with Crippen molar-refractivity contribution in [1.29, 1.82) is 0 Å². The molecule has 3 unspecified atom stereocenters. The fourth-order valence-corrected chi connectivity index (χ4v) is 8.43. The maximum Gasteiger partial charge on any atom is 0.185 e. The van der Waals surface area contributed by atoms with E-state index in [9.17, 15) is 0 Å². The molecule has 0 N–H and O–H groups in total. The summed E-state index contributed by atoms with van der Waals surface area (Å²) in [6.07, 6.45) is 9.49. The van der Waals surface area contributed by atoms with Crippen LogP contribution in [-0.4, -0.2) is 67.1 Å². The maximum absolute atomic E-state index is 5.25. The van der Waals surface area contributed by atoms with Crippen molar-refractivity contribution in [3.8, 4) is 0 Å². The maximum atomic E-state index is 5.25. The van der Waals surface area contributed by atoms with Gasteiger partial charge < -0.3 is 9.80 Å². The summed E-state index contributed by atoms with van der Waals surface area (Å²) in [5.74, 6) is 2.43. The molecule has 0 radical (unpaired) electrons. The lowest BCUT2D eigenvalue weighted by molar-refractivity contribution is -0.0501. The Balaban J connectivity index is 1.19. The summed E-state index contributed by atoms with van der Waals surface area (Å²) in [7, 11) is 2.25. The van der Waals surface area contributed by atoms with E-state index in [1.54, 1.807) is 0 Å². The molecule has 4 nitrogen and oxygen atoms in total. The van der Waals surface area contributed by atoms with Gasteiger partial charge in [0.2, 0.25) is 0 Å². The first-order valence-corrected chi connectivity index (χ1v) is 14.2. The summed E-state index contributed by atoms with van der Waals surface area (Å²) >= 11 is 1.91. The fraction of sp³-hybridized carbons (Fsp3) is 0.889. The average molecular weight is 459 g/mol. The highest BCUT2D eigenvalue weighted by molar-refractivity contribution is 7.13. The molecule has 0 bridgehead atoms. The molecule has 3 heterocycles. The van der Waals surface area contributed by atoms with Crippen molar-refractivity contribution in [3.63, 3.8) is 0 Å². The normalized spacial score (nSPS) is 34.4. The number of thiazole rings is 1. The van der Waals surface area contributed by atoms with Gasteiger partial charge in [-0.2, -0.15) is 0 Å². The highest BCUT2D eigenvalue weighted by Crippen LogP contribution is 2.59. The first kappa shape index (κ1) is 23.1. The Labute approximate surface area is 200 Å². The molecule has 0 spiro atoms. The van der Waals surface area contributed by atoms with Gasteiger partial charge in [0.25, 0.3) is 0 Å². The second kappa shape index (κ2) is 8.85. The van der Waals surface area contributed by atoms with Gasteiger partial charge in [0.1, 0.15) is 0 Å². The molecule has 180 valence electrons. The van der Waals surface area contributed by atoms with Crippen LogP contribution in [0.25, 0.3) is 0 Å². The van der Waals surface area contributed by atoms with Crippen molar-refractivity contribution in [2.45, 2.75) is 84.6 Å². The van der Waals surface area contributed by atoms with E-state index < -0.39 is 0 Å². The van der Waals surface area contributed by atoms with Gasteiger partial charge in [-0.1, -0.05) is 27.7 Å². The molecule has 3 atom stereocenters. The van der Waals surface area contributed by atoms with E-state index >= 15 is 0 Å². The highest BCUT2D eigenvalue weighted by atomic mass is 32.1. The SMILES string of the molecule is CN1CCN(C2CCN(c3nc(C4CCC5C(C4)C(C)(C)CCC5(C)C)cs3)CC2)CC1. The average Bonchev–Trinajstić information content (AvgIpc) is 3.28. The molecule has 2 aliphatic heterocycles. The van der Waals surface area contributed by atoms with E-state index in [0.717, 1.165) is 17.9 Å². The summed E-state index contributed by atoms with van der Waals surface area (Å²) in [6, 6.07) is 0.784. The lowest BCUT2D eigenvalue weighted by atomic mass is 9.49. The molecular weight excluding hydrogens is 412 g/mol. The zero-order valence-corrected chi connectivity index (χ0v) is 22.1. The van der Waals surface area contributed by atoms with Gasteiger partial charge in [-0.15, -0.1) is 11.3 Å². The van der Waals surface area contributed by atoms with Crippen molar-refractivity contribution < 1.29 is 0 Å². The molecule has 5 heteroatoms. The van der Waals surface area contributed by atoms with Gasteiger partial charge in [0.05, 0.1) is 5.69 Å². The zero-order valence-electron chi connectivity index (χ0n) is 21.3. The zero-order chi connectivity index (χ0) is 22.5. The monoisotopic (exact) mass is 458 g/mol. The standard InChI is InChI=1S/C27H46N4S/c1-26(2)10-11-27(3,4)23-18-20(6-7-22(23)26)24-19-32-25(28-24)31-12-8-21(9-13-31)30-16-14-29(5)15-17-30/h19-23H,6-18H2,1-5H3. The van der Waals surface area contributed by atoms with Crippen LogP contribution in [0.5, 0.6) is 0 Å². The molecule has 5 rings (SSSR count). The third kappa shape index (κ3) is 4.51. The second-order valence-electron chi connectivity index (χ2n) is 12.8. The molecule has 2 saturated heterocycles. The highest BCUT2D eigenvalue weighted by Gasteiger charge is 2.50. The van der Waals surface area contributed by atoms with Gasteiger partial charge in [0.15, 0.2) is 5.13 Å². The van der Waals surface area contributed by atoms with E-state index in [4.69, 9.17) is 4.98 Å². The third-order valence-electron chi connectivity index (χ3n) is 9.99. The number of aromatic nitrogens is 1. The molecule has 0 aromatic carbocycles. The number of hydrogen-bond acceptors (Lipinski definition) is 5. The summed E-state index contributed by atoms with van der Waals surface area (Å²) < 4.78 is 0. The van der Waals surface area contributed by atoms with E-state index in [2.05, 4.69) is 54.8 Å². The lowest BCUT2D eigenvalue weighted by Crippen LogP contribution is -2.52. The minimum absolute atomic E-state index is 0.489. The van der Waals surface area contributed by atoms with E-state index in [0.29, 0.717) is 16.7 Å². The summed E-state index contributed by atoms with van der Waals surface area (Å²) in [4.78, 5) is 13.0. The van der Waals surface area contributed by atoms with E-state index in [1.807, 2.05) is 11.3 Å². The Morgan fingerprint density at radius 1 is 0.844 bits per heavy atom. The number of rotatable bonds is 3. The Hall–Kier alpha value is -0.650. The predicted molar refractivity (Wildman–Crippen MR) is 137 cm³/mol. The molecule has 2 aliphatic carbocycles. The number of likely N-dealkylation sites (N-methyl/N-ethyl adjacent to an activating group) is 1. The van der Waals surface area contributed by atoms with Crippen LogP contribution in [0.2, 0.25) is 0 Å². The number of fused-ring (bicyclic) bond motifs is 1. The van der Waals surface area contributed by atoms with Gasteiger partial charge >= 0.3 is 0 Å². The Kier molecular flexibility index (Phi) is 6.39. The Bertz CT molecular complexity index is 770. The first-order valence-electron chi connectivity index (χ1n) is 13.4. The molecule has 0 amide bonds. The van der Waals surface area contributed by atoms with Crippen molar-refractivity contribution >= 4 is 16.5 Å². The van der Waals surface area contributed by atoms with Crippen LogP contribution in [0.1, 0.15) is 84.3 Å². The van der Waals surface area contributed by atoms with Crippen LogP contribution in [0, 0.1) is 22.7 Å². The topological polar surface area (TPSA) is 22.6 Å². The van der Waals surface area contributed by atoms with Crippen molar-refractivity contribution in [1.82, 2.24) is 14.8 Å². The first-order chi connectivity index (χ1) is 15.2. The minimum atomic E-state index is 0.489. The van der Waals surface area contributed by atoms with Crippen LogP contribution >= 0.6 is 11.3 Å². The lowest BCUT2D eigenvalue weighted by Gasteiger charge is -2.55.